The van der Waals surface area contributed by atoms with Crippen LogP contribution in [0, 0.1) is 12.3 Å². The Hall–Kier alpha value is -3.20. The molecule has 0 saturated carbocycles. The van der Waals surface area contributed by atoms with Gasteiger partial charge in [0, 0.05) is 41.3 Å². The van der Waals surface area contributed by atoms with Gasteiger partial charge in [0.2, 0.25) is 0 Å². The summed E-state index contributed by atoms with van der Waals surface area (Å²) < 4.78 is 38.3. The number of rotatable bonds is 9. The van der Waals surface area contributed by atoms with E-state index in [1.807, 2.05) is 63.2 Å². The molecule has 0 fully saturated rings. The van der Waals surface area contributed by atoms with Crippen LogP contribution in [0.2, 0.25) is 0 Å². The van der Waals surface area contributed by atoms with E-state index in [0.29, 0.717) is 34.3 Å². The topological polar surface area (TPSA) is 118 Å². The van der Waals surface area contributed by atoms with Gasteiger partial charge in [-0.05, 0) is 101 Å². The number of nitrogens with one attached hydrogen (secondary N) is 2. The molecule has 8 nitrogen and oxygen atoms in total. The van der Waals surface area contributed by atoms with Crippen LogP contribution in [0.4, 0.5) is 28.4 Å². The highest BCUT2D eigenvalue weighted by atomic mass is 127. The number of anilines is 3. The molecule has 0 unspecified atom stereocenters. The predicted octanol–water partition coefficient (Wildman–Crippen LogP) is 11.0. The van der Waals surface area contributed by atoms with Crippen molar-refractivity contribution in [2.45, 2.75) is 52.6 Å². The largest absolute Gasteiger partial charge is 0.754 e. The minimum absolute atomic E-state index is 0.0834. The van der Waals surface area contributed by atoms with Crippen molar-refractivity contribution in [2.24, 2.45) is 0 Å². The van der Waals surface area contributed by atoms with Crippen molar-refractivity contribution in [1.82, 2.24) is 0.910 Å². The van der Waals surface area contributed by atoms with Gasteiger partial charge < -0.3 is 25.5 Å². The average molecular weight is 822 g/mol. The second kappa shape index (κ2) is 13.0. The van der Waals surface area contributed by atoms with Crippen LogP contribution in [0.15, 0.2) is 91.0 Å². The minimum atomic E-state index is -2.74. The number of halogens is 2. The van der Waals surface area contributed by atoms with E-state index in [1.54, 1.807) is 48.5 Å². The maximum atomic E-state index is 13.0. The third-order valence-electron chi connectivity index (χ3n) is 6.69. The summed E-state index contributed by atoms with van der Waals surface area (Å²) in [6.07, 6.45) is 0. The van der Waals surface area contributed by atoms with E-state index in [1.165, 1.54) is 0 Å². The Morgan fingerprint density at radius 3 is 1.55 bits per heavy atom. The Bertz CT molecular complexity index is 1730. The molecule has 0 bridgehead atoms. The SMILES string of the molecule is C=I(=N)[N+](c1ccc(Oc2ccc(N([O-])c3ccc(OC(C)(C)C)cc3)cc2)cc1)(c1ccc(C(C)(C)C)c(N)c1)I(=C)=N. The van der Waals surface area contributed by atoms with Crippen LogP contribution in [0.5, 0.6) is 17.2 Å². The molecule has 0 saturated heterocycles. The van der Waals surface area contributed by atoms with E-state index in [0.717, 1.165) is 22.0 Å². The van der Waals surface area contributed by atoms with E-state index in [-0.39, 0.29) is 11.9 Å². The fourth-order valence-electron chi connectivity index (χ4n) is 4.76. The number of ether oxygens (including phenoxy) is 2. The molecule has 0 amide bonds. The predicted molar refractivity (Wildman–Crippen MR) is 204 cm³/mol. The van der Waals surface area contributed by atoms with Gasteiger partial charge in [0.25, 0.3) is 0 Å². The monoisotopic (exact) mass is 821 g/mol. The van der Waals surface area contributed by atoms with Crippen molar-refractivity contribution in [1.29, 1.82) is 7.12 Å². The maximum absolute atomic E-state index is 13.0. The number of hydrogen-bond donors (Lipinski definition) is 3. The molecule has 0 heterocycles. The lowest BCUT2D eigenvalue weighted by atomic mass is 9.86. The van der Waals surface area contributed by atoms with Gasteiger partial charge in [-0.15, -0.1) is 0 Å². The van der Waals surface area contributed by atoms with E-state index >= 15 is 0 Å². The first-order valence-electron chi connectivity index (χ1n) is 13.9. The maximum Gasteiger partial charge on any atom is 0.175 e. The molecule has 10 heteroatoms. The minimum Gasteiger partial charge on any atom is -0.754 e. The number of nitrogens with zero attached hydrogens (tertiary/aromatic N) is 2. The molecule has 0 aromatic heterocycles. The second-order valence-corrected chi connectivity index (χ2v) is 20.9. The highest BCUT2D eigenvalue weighted by Gasteiger charge is 2.36. The van der Waals surface area contributed by atoms with Crippen molar-refractivity contribution in [3.63, 3.8) is 0 Å². The molecule has 4 N–H and O–H groups in total. The standard InChI is InChI=1S/C34H41I2N5O3/c1-33(2,3)31-22-15-27(23-32(31)37)41(35(7)38,36(8)39)26-13-20-29(21-14-26)43-28-16-9-24(10-17-28)40(42)25-11-18-30(19-12-25)44-34(4,5)6/h9-23,38-39H,7-8,37H2,1-6H3. The molecule has 44 heavy (non-hydrogen) atoms. The summed E-state index contributed by atoms with van der Waals surface area (Å²) in [5.41, 5.74) is 10.3. The first-order chi connectivity index (χ1) is 20.5. The van der Waals surface area contributed by atoms with Crippen molar-refractivity contribution in [2.75, 3.05) is 10.8 Å². The molecular formula is C34H41I2N5O3. The fraction of sp³-hybridized carbons (Fsp3) is 0.235. The van der Waals surface area contributed by atoms with Crippen LogP contribution in [0.25, 0.3) is 0 Å². The summed E-state index contributed by atoms with van der Waals surface area (Å²) in [6.45, 7) is 12.3. The highest BCUT2D eigenvalue weighted by Crippen LogP contribution is 2.55. The molecule has 234 valence electrons. The first-order valence-corrected chi connectivity index (χ1v) is 21.0. The van der Waals surface area contributed by atoms with Crippen LogP contribution in [-0.4, -0.2) is 14.6 Å². The van der Waals surface area contributed by atoms with Gasteiger partial charge in [0.15, 0.2) is 50.3 Å². The summed E-state index contributed by atoms with van der Waals surface area (Å²) in [4.78, 5) is 0. The number of benzene rings is 4. The summed E-state index contributed by atoms with van der Waals surface area (Å²) in [6, 6.07) is 27.4. The van der Waals surface area contributed by atoms with Crippen LogP contribution in [-0.2, 0) is 5.41 Å². The Morgan fingerprint density at radius 1 is 0.705 bits per heavy atom. The zero-order chi connectivity index (χ0) is 32.4. The normalized spacial score (nSPS) is 13.5. The van der Waals surface area contributed by atoms with Gasteiger partial charge >= 0.3 is 0 Å². The average Bonchev–Trinajstić information content (AvgIpc) is 2.93. The summed E-state index contributed by atoms with van der Waals surface area (Å²) >= 11 is -5.47. The van der Waals surface area contributed by atoms with Crippen LogP contribution in [0.1, 0.15) is 47.1 Å². The molecule has 0 spiro atoms. The number of nitrogen functional groups attached to an aromatic ring is 1. The van der Waals surface area contributed by atoms with Gasteiger partial charge in [-0.2, -0.15) is 0.910 Å². The third-order valence-corrected chi connectivity index (χ3v) is 18.0. The Balaban J connectivity index is 1.55. The van der Waals surface area contributed by atoms with Crippen molar-refractivity contribution < 1.29 is 9.47 Å². The van der Waals surface area contributed by atoms with Crippen molar-refractivity contribution in [3.8, 4) is 17.2 Å². The molecule has 0 radical (unpaired) electrons. The summed E-state index contributed by atoms with van der Waals surface area (Å²) in [5, 5.41) is 13.8. The van der Waals surface area contributed by atoms with Crippen LogP contribution >= 0.6 is 38.9 Å². The fourth-order valence-corrected chi connectivity index (χ4v) is 12.8. The summed E-state index contributed by atoms with van der Waals surface area (Å²) in [5.74, 6) is 1.88. The third kappa shape index (κ3) is 7.36. The molecule has 4 aromatic carbocycles. The first kappa shape index (κ1) is 33.7. The lowest BCUT2D eigenvalue weighted by Crippen LogP contribution is -2.24. The zero-order valence-corrected chi connectivity index (χ0v) is 30.3. The van der Waals surface area contributed by atoms with Crippen molar-refractivity contribution in [3.05, 3.63) is 102 Å². The number of nitrogens with two attached hydrogens (primary N) is 1. The van der Waals surface area contributed by atoms with E-state index in [9.17, 15) is 5.21 Å². The Kier molecular flexibility index (Phi) is 9.98. The number of hydrogen-bond acceptors (Lipinski definition) is 7. The smallest absolute Gasteiger partial charge is 0.175 e. The molecular weight excluding hydrogens is 780 g/mol. The summed E-state index contributed by atoms with van der Waals surface area (Å²) in [7, 11) is 0. The Morgan fingerprint density at radius 2 is 1.14 bits per heavy atom. The van der Waals surface area contributed by atoms with Crippen LogP contribution in [0.3, 0.4) is 0 Å². The van der Waals surface area contributed by atoms with Gasteiger partial charge in [-0.25, -0.2) is 7.12 Å². The van der Waals surface area contributed by atoms with Crippen LogP contribution < -0.4 is 21.2 Å². The number of quaternary nitrogens is 1. The lowest BCUT2D eigenvalue weighted by molar-refractivity contribution is 0.131. The van der Waals surface area contributed by atoms with Gasteiger partial charge in [-0.1, -0.05) is 26.8 Å². The molecule has 0 atom stereocenters. The van der Waals surface area contributed by atoms with Gasteiger partial charge in [-0.3, -0.25) is 0 Å². The van der Waals surface area contributed by atoms with E-state index in [2.05, 4.69) is 29.8 Å². The molecule has 0 aliphatic carbocycles. The molecule has 0 aliphatic rings. The van der Waals surface area contributed by atoms with E-state index in [4.69, 9.17) is 22.3 Å². The molecule has 4 aromatic rings. The highest BCUT2D eigenvalue weighted by molar-refractivity contribution is 14.3. The Labute approximate surface area is 274 Å². The lowest BCUT2D eigenvalue weighted by Gasteiger charge is -2.31. The van der Waals surface area contributed by atoms with Gasteiger partial charge in [0.05, 0.1) is 0 Å². The molecule has 0 aliphatic heterocycles. The van der Waals surface area contributed by atoms with E-state index < -0.39 is 38.9 Å². The molecule has 4 rings (SSSR count). The quantitative estimate of drug-likeness (QED) is 0.0672. The second-order valence-electron chi connectivity index (χ2n) is 12.3. The van der Waals surface area contributed by atoms with Gasteiger partial charge in [0.1, 0.15) is 22.8 Å². The zero-order valence-electron chi connectivity index (χ0n) is 26.0. The van der Waals surface area contributed by atoms with Crippen molar-refractivity contribution >= 4 is 76.4 Å².